The molecule has 1 aliphatic rings. The summed E-state index contributed by atoms with van der Waals surface area (Å²) in [6, 6.07) is 6.21. The molecule has 2 nitrogen and oxygen atoms in total. The molecule has 0 aromatic heterocycles. The monoisotopic (exact) mass is 205 g/mol. The van der Waals surface area contributed by atoms with Gasteiger partial charge in [0.15, 0.2) is 0 Å². The van der Waals surface area contributed by atoms with Crippen LogP contribution in [0.15, 0.2) is 18.2 Å². The number of para-hydroxylation sites is 1. The molecule has 0 unspecified atom stereocenters. The van der Waals surface area contributed by atoms with Crippen LogP contribution in [0.5, 0.6) is 5.75 Å². The molecule has 0 saturated heterocycles. The summed E-state index contributed by atoms with van der Waals surface area (Å²) in [7, 11) is 0. The molecule has 15 heavy (non-hydrogen) atoms. The topological polar surface area (TPSA) is 21.3 Å². The number of anilines is 1. The number of rotatable bonds is 2. The van der Waals surface area contributed by atoms with Crippen molar-refractivity contribution in [1.82, 2.24) is 0 Å². The number of fused-ring (bicyclic) bond motifs is 1. The smallest absolute Gasteiger partial charge is 0.143 e. The minimum atomic E-state index is -0.0131. The Morgan fingerprint density at radius 2 is 2.07 bits per heavy atom. The Hall–Kier alpha value is -1.18. The highest BCUT2D eigenvalue weighted by molar-refractivity contribution is 5.63. The summed E-state index contributed by atoms with van der Waals surface area (Å²) in [4.78, 5) is 0. The molecular weight excluding hydrogens is 186 g/mol. The van der Waals surface area contributed by atoms with Crippen LogP contribution in [0, 0.1) is 6.92 Å². The van der Waals surface area contributed by atoms with E-state index >= 15 is 0 Å². The molecule has 1 heterocycles. The summed E-state index contributed by atoms with van der Waals surface area (Å²) >= 11 is 0. The Morgan fingerprint density at radius 1 is 1.33 bits per heavy atom. The molecular formula is C13H19NO. The molecule has 1 N–H and O–H groups in total. The van der Waals surface area contributed by atoms with Crippen LogP contribution in [0.4, 0.5) is 5.69 Å². The van der Waals surface area contributed by atoms with E-state index in [4.69, 9.17) is 4.74 Å². The molecule has 0 bridgehead atoms. The van der Waals surface area contributed by atoms with Gasteiger partial charge in [0, 0.05) is 0 Å². The van der Waals surface area contributed by atoms with Crippen LogP contribution in [0.3, 0.4) is 0 Å². The van der Waals surface area contributed by atoms with Crippen LogP contribution in [0.1, 0.15) is 32.3 Å². The van der Waals surface area contributed by atoms with Gasteiger partial charge in [-0.1, -0.05) is 26.0 Å². The number of nitrogens with one attached hydrogen (secondary N) is 1. The van der Waals surface area contributed by atoms with Gasteiger partial charge >= 0.3 is 0 Å². The van der Waals surface area contributed by atoms with E-state index in [2.05, 4.69) is 44.3 Å². The molecule has 1 aromatic carbocycles. The second kappa shape index (κ2) is 3.76. The maximum atomic E-state index is 6.14. The summed E-state index contributed by atoms with van der Waals surface area (Å²) in [6.07, 6.45) is 2.09. The average molecular weight is 205 g/mol. The fraction of sp³-hybridized carbons (Fsp3) is 0.538. The first kappa shape index (κ1) is 10.3. The van der Waals surface area contributed by atoms with E-state index in [0.29, 0.717) is 0 Å². The van der Waals surface area contributed by atoms with E-state index in [-0.39, 0.29) is 5.60 Å². The van der Waals surface area contributed by atoms with Crippen molar-refractivity contribution in [3.63, 3.8) is 0 Å². The molecule has 0 atom stereocenters. The maximum Gasteiger partial charge on any atom is 0.143 e. The molecule has 82 valence electrons. The van der Waals surface area contributed by atoms with Gasteiger partial charge in [-0.05, 0) is 31.4 Å². The summed E-state index contributed by atoms with van der Waals surface area (Å²) in [5.41, 5.74) is 2.41. The summed E-state index contributed by atoms with van der Waals surface area (Å²) in [6.45, 7) is 7.40. The SMILES string of the molecule is CCC1(CC)CNc2c(C)cccc2O1. The van der Waals surface area contributed by atoms with Crippen molar-refractivity contribution in [3.05, 3.63) is 23.8 Å². The number of benzene rings is 1. The van der Waals surface area contributed by atoms with E-state index in [1.165, 1.54) is 5.56 Å². The van der Waals surface area contributed by atoms with Crippen molar-refractivity contribution >= 4 is 5.69 Å². The lowest BCUT2D eigenvalue weighted by Gasteiger charge is -2.38. The third-order valence-corrected chi connectivity index (χ3v) is 3.44. The minimum absolute atomic E-state index is 0.0131. The van der Waals surface area contributed by atoms with Crippen molar-refractivity contribution in [1.29, 1.82) is 0 Å². The Morgan fingerprint density at radius 3 is 2.73 bits per heavy atom. The Kier molecular flexibility index (Phi) is 2.59. The molecule has 0 amide bonds. The minimum Gasteiger partial charge on any atom is -0.483 e. The highest BCUT2D eigenvalue weighted by Gasteiger charge is 2.33. The normalized spacial score (nSPS) is 17.5. The molecule has 0 aliphatic carbocycles. The third kappa shape index (κ3) is 1.69. The largest absolute Gasteiger partial charge is 0.483 e. The summed E-state index contributed by atoms with van der Waals surface area (Å²) in [5.74, 6) is 1.00. The van der Waals surface area contributed by atoms with Crippen molar-refractivity contribution in [3.8, 4) is 5.75 Å². The van der Waals surface area contributed by atoms with Crippen LogP contribution in [0.2, 0.25) is 0 Å². The summed E-state index contributed by atoms with van der Waals surface area (Å²) < 4.78 is 6.14. The van der Waals surface area contributed by atoms with Crippen LogP contribution in [0.25, 0.3) is 0 Å². The first-order chi connectivity index (χ1) is 7.21. The highest BCUT2D eigenvalue weighted by atomic mass is 16.5. The maximum absolute atomic E-state index is 6.14. The van der Waals surface area contributed by atoms with Gasteiger partial charge < -0.3 is 10.1 Å². The van der Waals surface area contributed by atoms with E-state index in [1.807, 2.05) is 0 Å². The lowest BCUT2D eigenvalue weighted by molar-refractivity contribution is 0.0669. The summed E-state index contributed by atoms with van der Waals surface area (Å²) in [5, 5.41) is 3.50. The quantitative estimate of drug-likeness (QED) is 0.799. The molecule has 0 radical (unpaired) electrons. The van der Waals surface area contributed by atoms with Gasteiger partial charge in [0.25, 0.3) is 0 Å². The van der Waals surface area contributed by atoms with Crippen LogP contribution >= 0.6 is 0 Å². The van der Waals surface area contributed by atoms with Gasteiger partial charge in [-0.2, -0.15) is 0 Å². The van der Waals surface area contributed by atoms with E-state index in [9.17, 15) is 0 Å². The predicted molar refractivity (Wildman–Crippen MR) is 63.6 cm³/mol. The standard InChI is InChI=1S/C13H19NO/c1-4-13(5-2)9-14-12-10(3)7-6-8-11(12)15-13/h6-8,14H,4-5,9H2,1-3H3. The lowest BCUT2D eigenvalue weighted by atomic mass is 9.94. The van der Waals surface area contributed by atoms with Crippen LogP contribution in [-0.2, 0) is 0 Å². The third-order valence-electron chi connectivity index (χ3n) is 3.44. The molecule has 2 rings (SSSR count). The average Bonchev–Trinajstić information content (AvgIpc) is 2.29. The molecule has 0 fully saturated rings. The van der Waals surface area contributed by atoms with E-state index < -0.39 is 0 Å². The van der Waals surface area contributed by atoms with E-state index in [1.54, 1.807) is 0 Å². The Labute approximate surface area is 91.6 Å². The first-order valence-corrected chi connectivity index (χ1v) is 5.73. The zero-order valence-electron chi connectivity index (χ0n) is 9.76. The Bertz CT molecular complexity index is 356. The van der Waals surface area contributed by atoms with Gasteiger partial charge in [-0.15, -0.1) is 0 Å². The fourth-order valence-corrected chi connectivity index (χ4v) is 2.12. The zero-order valence-corrected chi connectivity index (χ0v) is 9.76. The van der Waals surface area contributed by atoms with Crippen molar-refractivity contribution in [2.75, 3.05) is 11.9 Å². The lowest BCUT2D eigenvalue weighted by Crippen LogP contribution is -2.45. The molecule has 2 heteroatoms. The van der Waals surface area contributed by atoms with Crippen LogP contribution < -0.4 is 10.1 Å². The molecule has 1 aliphatic heterocycles. The highest BCUT2D eigenvalue weighted by Crippen LogP contribution is 2.37. The number of hydrogen-bond acceptors (Lipinski definition) is 2. The fourth-order valence-electron chi connectivity index (χ4n) is 2.12. The van der Waals surface area contributed by atoms with Crippen molar-refractivity contribution in [2.45, 2.75) is 39.2 Å². The van der Waals surface area contributed by atoms with E-state index in [0.717, 1.165) is 30.8 Å². The van der Waals surface area contributed by atoms with Gasteiger partial charge in [0.05, 0.1) is 12.2 Å². The molecule has 0 saturated carbocycles. The van der Waals surface area contributed by atoms with Gasteiger partial charge in [-0.25, -0.2) is 0 Å². The predicted octanol–water partition coefficient (Wildman–Crippen LogP) is 3.36. The Balaban J connectivity index is 2.34. The zero-order chi connectivity index (χ0) is 10.9. The number of aryl methyl sites for hydroxylation is 1. The van der Waals surface area contributed by atoms with Gasteiger partial charge in [0.1, 0.15) is 11.4 Å². The van der Waals surface area contributed by atoms with Gasteiger partial charge in [-0.3, -0.25) is 0 Å². The van der Waals surface area contributed by atoms with Crippen molar-refractivity contribution < 1.29 is 4.74 Å². The number of hydrogen-bond donors (Lipinski definition) is 1. The number of ether oxygens (including phenoxy) is 1. The van der Waals surface area contributed by atoms with Crippen molar-refractivity contribution in [2.24, 2.45) is 0 Å². The van der Waals surface area contributed by atoms with Crippen LogP contribution in [-0.4, -0.2) is 12.1 Å². The first-order valence-electron chi connectivity index (χ1n) is 5.73. The molecule has 0 spiro atoms. The molecule has 1 aromatic rings. The second-order valence-corrected chi connectivity index (χ2v) is 4.29. The second-order valence-electron chi connectivity index (χ2n) is 4.29. The van der Waals surface area contributed by atoms with Gasteiger partial charge in [0.2, 0.25) is 0 Å².